The fourth-order valence-electron chi connectivity index (χ4n) is 1.01. The summed E-state index contributed by atoms with van der Waals surface area (Å²) in [7, 11) is 0. The first kappa shape index (κ1) is 10.2. The van der Waals surface area contributed by atoms with E-state index in [2.05, 4.69) is 16.9 Å². The van der Waals surface area contributed by atoms with Gasteiger partial charge >= 0.3 is 0 Å². The Morgan fingerprint density at radius 1 is 1.79 bits per heavy atom. The van der Waals surface area contributed by atoms with Crippen molar-refractivity contribution in [3.8, 4) is 0 Å². The molecular weight excluding hydrogens is 182 g/mol. The SMILES string of the molecule is C=CCNc1ncc([N+](=O)[O-])cc1C. The Morgan fingerprint density at radius 3 is 3.00 bits per heavy atom. The van der Waals surface area contributed by atoms with Crippen molar-refractivity contribution in [2.24, 2.45) is 0 Å². The second-order valence-electron chi connectivity index (χ2n) is 2.79. The Labute approximate surface area is 81.6 Å². The summed E-state index contributed by atoms with van der Waals surface area (Å²) in [5.74, 6) is 0.649. The molecule has 5 nitrogen and oxygen atoms in total. The Balaban J connectivity index is 2.89. The molecule has 1 aromatic rings. The van der Waals surface area contributed by atoms with Crippen molar-refractivity contribution in [2.75, 3.05) is 11.9 Å². The van der Waals surface area contributed by atoms with E-state index < -0.39 is 4.92 Å². The molecule has 1 rings (SSSR count). The van der Waals surface area contributed by atoms with Crippen LogP contribution < -0.4 is 5.32 Å². The van der Waals surface area contributed by atoms with Crippen molar-refractivity contribution >= 4 is 11.5 Å². The molecule has 14 heavy (non-hydrogen) atoms. The molecule has 0 amide bonds. The normalized spacial score (nSPS) is 9.50. The molecule has 0 fully saturated rings. The fourth-order valence-corrected chi connectivity index (χ4v) is 1.01. The van der Waals surface area contributed by atoms with Crippen molar-refractivity contribution in [2.45, 2.75) is 6.92 Å². The molecule has 74 valence electrons. The predicted octanol–water partition coefficient (Wildman–Crippen LogP) is 1.90. The first-order chi connectivity index (χ1) is 6.65. The summed E-state index contributed by atoms with van der Waals surface area (Å²) in [6, 6.07) is 1.48. The monoisotopic (exact) mass is 193 g/mol. The molecule has 5 heteroatoms. The number of nitrogens with zero attached hydrogens (tertiary/aromatic N) is 2. The van der Waals surface area contributed by atoms with Crippen LogP contribution in [0.4, 0.5) is 11.5 Å². The van der Waals surface area contributed by atoms with Gasteiger partial charge in [-0.15, -0.1) is 6.58 Å². The van der Waals surface area contributed by atoms with E-state index >= 15 is 0 Å². The van der Waals surface area contributed by atoms with Crippen LogP contribution >= 0.6 is 0 Å². The molecule has 0 saturated heterocycles. The van der Waals surface area contributed by atoms with E-state index in [0.717, 1.165) is 5.56 Å². The van der Waals surface area contributed by atoms with Gasteiger partial charge in [0.15, 0.2) is 0 Å². The van der Waals surface area contributed by atoms with Crippen LogP contribution in [0.25, 0.3) is 0 Å². The highest BCUT2D eigenvalue weighted by Gasteiger charge is 2.08. The third-order valence-corrected chi connectivity index (χ3v) is 1.69. The van der Waals surface area contributed by atoms with Crippen LogP contribution in [-0.4, -0.2) is 16.5 Å². The zero-order chi connectivity index (χ0) is 10.6. The maximum Gasteiger partial charge on any atom is 0.287 e. The molecule has 0 aliphatic carbocycles. The van der Waals surface area contributed by atoms with E-state index in [1.165, 1.54) is 12.3 Å². The number of aromatic nitrogens is 1. The molecule has 0 unspecified atom stereocenters. The minimum absolute atomic E-state index is 0.00616. The zero-order valence-corrected chi connectivity index (χ0v) is 7.86. The highest BCUT2D eigenvalue weighted by Crippen LogP contribution is 2.17. The summed E-state index contributed by atoms with van der Waals surface area (Å²) in [4.78, 5) is 13.9. The second kappa shape index (κ2) is 4.36. The van der Waals surface area contributed by atoms with Gasteiger partial charge in [-0.3, -0.25) is 10.1 Å². The highest BCUT2D eigenvalue weighted by molar-refractivity contribution is 5.48. The third kappa shape index (κ3) is 2.29. The number of hydrogen-bond acceptors (Lipinski definition) is 4. The molecule has 1 aromatic heterocycles. The largest absolute Gasteiger partial charge is 0.366 e. The summed E-state index contributed by atoms with van der Waals surface area (Å²) >= 11 is 0. The molecule has 0 spiro atoms. The fraction of sp³-hybridized carbons (Fsp3) is 0.222. The first-order valence-electron chi connectivity index (χ1n) is 4.11. The molecule has 1 heterocycles. The Bertz CT molecular complexity index is 363. The lowest BCUT2D eigenvalue weighted by molar-refractivity contribution is -0.385. The predicted molar refractivity (Wildman–Crippen MR) is 54.3 cm³/mol. The molecule has 0 aromatic carbocycles. The lowest BCUT2D eigenvalue weighted by atomic mass is 10.2. The van der Waals surface area contributed by atoms with Crippen molar-refractivity contribution in [1.29, 1.82) is 0 Å². The summed E-state index contributed by atoms with van der Waals surface area (Å²) in [5.41, 5.74) is 0.757. The van der Waals surface area contributed by atoms with E-state index in [-0.39, 0.29) is 5.69 Å². The average Bonchev–Trinajstić information content (AvgIpc) is 2.15. The topological polar surface area (TPSA) is 68.1 Å². The number of rotatable bonds is 4. The van der Waals surface area contributed by atoms with Crippen molar-refractivity contribution in [1.82, 2.24) is 4.98 Å². The molecule has 0 aliphatic rings. The zero-order valence-electron chi connectivity index (χ0n) is 7.86. The third-order valence-electron chi connectivity index (χ3n) is 1.69. The number of hydrogen-bond donors (Lipinski definition) is 1. The number of nitrogens with one attached hydrogen (secondary N) is 1. The summed E-state index contributed by atoms with van der Waals surface area (Å²) in [6.45, 7) is 5.91. The Hall–Kier alpha value is -1.91. The van der Waals surface area contributed by atoms with Crippen LogP contribution in [0, 0.1) is 17.0 Å². The van der Waals surface area contributed by atoms with E-state index in [1.807, 2.05) is 0 Å². The Kier molecular flexibility index (Phi) is 3.17. The first-order valence-corrected chi connectivity index (χ1v) is 4.11. The van der Waals surface area contributed by atoms with Crippen molar-refractivity contribution in [3.63, 3.8) is 0 Å². The van der Waals surface area contributed by atoms with Crippen molar-refractivity contribution in [3.05, 3.63) is 40.6 Å². The Morgan fingerprint density at radius 2 is 2.50 bits per heavy atom. The maximum absolute atomic E-state index is 10.4. The van der Waals surface area contributed by atoms with Crippen LogP contribution in [0.5, 0.6) is 0 Å². The number of aryl methyl sites for hydroxylation is 1. The molecule has 0 atom stereocenters. The minimum atomic E-state index is -0.461. The lowest BCUT2D eigenvalue weighted by Gasteiger charge is -2.04. The number of nitro groups is 1. The van der Waals surface area contributed by atoms with Gasteiger partial charge in [0.1, 0.15) is 12.0 Å². The van der Waals surface area contributed by atoms with Gasteiger partial charge < -0.3 is 5.32 Å². The summed E-state index contributed by atoms with van der Waals surface area (Å²) in [5, 5.41) is 13.4. The van der Waals surface area contributed by atoms with Gasteiger partial charge in [-0.1, -0.05) is 6.08 Å². The molecule has 0 aliphatic heterocycles. The van der Waals surface area contributed by atoms with Crippen LogP contribution in [0.2, 0.25) is 0 Å². The smallest absolute Gasteiger partial charge is 0.287 e. The van der Waals surface area contributed by atoms with Crippen LogP contribution in [0.3, 0.4) is 0 Å². The van der Waals surface area contributed by atoms with Crippen molar-refractivity contribution < 1.29 is 4.92 Å². The van der Waals surface area contributed by atoms with Gasteiger partial charge in [0.05, 0.1) is 4.92 Å². The standard InChI is InChI=1S/C9H11N3O2/c1-3-4-10-9-7(2)5-8(6-11-9)12(13)14/h3,5-6H,1,4H2,2H3,(H,10,11). The van der Waals surface area contributed by atoms with E-state index in [1.54, 1.807) is 13.0 Å². The van der Waals surface area contributed by atoms with Gasteiger partial charge in [0, 0.05) is 12.6 Å². The van der Waals surface area contributed by atoms with E-state index in [0.29, 0.717) is 12.4 Å². The van der Waals surface area contributed by atoms with Gasteiger partial charge in [-0.2, -0.15) is 0 Å². The van der Waals surface area contributed by atoms with Gasteiger partial charge in [0.25, 0.3) is 5.69 Å². The van der Waals surface area contributed by atoms with Gasteiger partial charge in [-0.25, -0.2) is 4.98 Å². The molecular formula is C9H11N3O2. The molecule has 0 saturated carbocycles. The van der Waals surface area contributed by atoms with E-state index in [9.17, 15) is 10.1 Å². The average molecular weight is 193 g/mol. The highest BCUT2D eigenvalue weighted by atomic mass is 16.6. The van der Waals surface area contributed by atoms with Gasteiger partial charge in [0.2, 0.25) is 0 Å². The quantitative estimate of drug-likeness (QED) is 0.450. The van der Waals surface area contributed by atoms with Gasteiger partial charge in [-0.05, 0) is 12.5 Å². The van der Waals surface area contributed by atoms with E-state index in [4.69, 9.17) is 0 Å². The van der Waals surface area contributed by atoms with Crippen LogP contribution in [0.15, 0.2) is 24.9 Å². The summed E-state index contributed by atoms with van der Waals surface area (Å²) in [6.07, 6.45) is 2.93. The number of anilines is 1. The minimum Gasteiger partial charge on any atom is -0.366 e. The van der Waals surface area contributed by atoms with Crippen LogP contribution in [-0.2, 0) is 0 Å². The second-order valence-corrected chi connectivity index (χ2v) is 2.79. The maximum atomic E-state index is 10.4. The molecule has 0 radical (unpaired) electrons. The lowest BCUT2D eigenvalue weighted by Crippen LogP contribution is -2.02. The summed E-state index contributed by atoms with van der Waals surface area (Å²) < 4.78 is 0. The van der Waals surface area contributed by atoms with Crippen LogP contribution in [0.1, 0.15) is 5.56 Å². The molecule has 1 N–H and O–H groups in total. The molecule has 0 bridgehead atoms. The number of pyridine rings is 1.